The number of ether oxygens (including phenoxy) is 1. The summed E-state index contributed by atoms with van der Waals surface area (Å²) in [5.41, 5.74) is 0. The molecule has 1 aliphatic heterocycles. The Labute approximate surface area is 89.5 Å². The molecule has 0 radical (unpaired) electrons. The Morgan fingerprint density at radius 1 is 1.60 bits per heavy atom. The minimum Gasteiger partial charge on any atom is -0.383 e. The highest BCUT2D eigenvalue weighted by atomic mass is 16.5. The monoisotopic (exact) mass is 214 g/mol. The third-order valence-corrected chi connectivity index (χ3v) is 1.95. The van der Waals surface area contributed by atoms with Crippen molar-refractivity contribution >= 4 is 11.9 Å². The number of methoxy groups -OCH3 is 1. The summed E-state index contributed by atoms with van der Waals surface area (Å²) in [6.07, 6.45) is 0.449. The van der Waals surface area contributed by atoms with Gasteiger partial charge >= 0.3 is 0 Å². The maximum atomic E-state index is 11.2. The van der Waals surface area contributed by atoms with Crippen LogP contribution in [0.1, 0.15) is 6.42 Å². The summed E-state index contributed by atoms with van der Waals surface area (Å²) in [6.45, 7) is 3.40. The molecule has 0 aromatic heterocycles. The van der Waals surface area contributed by atoms with Crippen LogP contribution in [0, 0.1) is 0 Å². The van der Waals surface area contributed by atoms with Gasteiger partial charge in [0, 0.05) is 33.2 Å². The fourth-order valence-electron chi connectivity index (χ4n) is 1.19. The molecule has 0 saturated carbocycles. The lowest BCUT2D eigenvalue weighted by molar-refractivity contribution is -0.121. The van der Waals surface area contributed by atoms with Crippen molar-refractivity contribution in [3.8, 4) is 0 Å². The largest absolute Gasteiger partial charge is 0.383 e. The predicted octanol–water partition coefficient (Wildman–Crippen LogP) is -1.31. The van der Waals surface area contributed by atoms with E-state index in [1.165, 1.54) is 0 Å². The van der Waals surface area contributed by atoms with Crippen LogP contribution in [0.3, 0.4) is 0 Å². The van der Waals surface area contributed by atoms with Crippen LogP contribution in [0.2, 0.25) is 0 Å². The van der Waals surface area contributed by atoms with E-state index in [0.29, 0.717) is 26.1 Å². The van der Waals surface area contributed by atoms with Crippen LogP contribution in [-0.2, 0) is 9.53 Å². The summed E-state index contributed by atoms with van der Waals surface area (Å²) in [5, 5.41) is 8.86. The third-order valence-electron chi connectivity index (χ3n) is 1.95. The highest BCUT2D eigenvalue weighted by Gasteiger charge is 2.04. The van der Waals surface area contributed by atoms with E-state index >= 15 is 0 Å². The zero-order valence-corrected chi connectivity index (χ0v) is 9.01. The zero-order chi connectivity index (χ0) is 10.9. The Kier molecular flexibility index (Phi) is 5.54. The topological polar surface area (TPSA) is 74.8 Å². The average Bonchev–Trinajstić information content (AvgIpc) is 2.71. The molecule has 0 aliphatic carbocycles. The number of aliphatic imine (C=N–C) groups is 1. The summed E-state index contributed by atoms with van der Waals surface area (Å²) in [6, 6.07) is 0. The SMILES string of the molecule is COCCNC(=O)CCNC1=NCCN1. The molecule has 1 rings (SSSR count). The highest BCUT2D eigenvalue weighted by Crippen LogP contribution is 1.83. The van der Waals surface area contributed by atoms with E-state index in [-0.39, 0.29) is 5.91 Å². The van der Waals surface area contributed by atoms with E-state index in [0.717, 1.165) is 19.0 Å². The van der Waals surface area contributed by atoms with Crippen LogP contribution in [0.25, 0.3) is 0 Å². The number of carbonyl (C=O) groups is 1. The van der Waals surface area contributed by atoms with E-state index in [4.69, 9.17) is 4.74 Å². The van der Waals surface area contributed by atoms with Gasteiger partial charge in [-0.1, -0.05) is 0 Å². The Morgan fingerprint density at radius 2 is 2.47 bits per heavy atom. The normalized spacial score (nSPS) is 14.3. The average molecular weight is 214 g/mol. The summed E-state index contributed by atoms with van der Waals surface area (Å²) >= 11 is 0. The number of amides is 1. The van der Waals surface area contributed by atoms with E-state index < -0.39 is 0 Å². The van der Waals surface area contributed by atoms with Gasteiger partial charge in [0.05, 0.1) is 13.2 Å². The second-order valence-electron chi connectivity index (χ2n) is 3.18. The first-order chi connectivity index (χ1) is 7.33. The Bertz CT molecular complexity index is 230. The first-order valence-electron chi connectivity index (χ1n) is 5.11. The van der Waals surface area contributed by atoms with Gasteiger partial charge in [-0.05, 0) is 0 Å². The lowest BCUT2D eigenvalue weighted by Gasteiger charge is -2.06. The highest BCUT2D eigenvalue weighted by molar-refractivity contribution is 5.82. The number of rotatable bonds is 6. The van der Waals surface area contributed by atoms with E-state index in [2.05, 4.69) is 20.9 Å². The molecule has 3 N–H and O–H groups in total. The van der Waals surface area contributed by atoms with Crippen LogP contribution in [0.15, 0.2) is 4.99 Å². The van der Waals surface area contributed by atoms with Gasteiger partial charge in [0.15, 0.2) is 5.96 Å². The lowest BCUT2D eigenvalue weighted by atomic mass is 10.4. The predicted molar refractivity (Wildman–Crippen MR) is 57.8 cm³/mol. The molecule has 6 nitrogen and oxygen atoms in total. The molecule has 1 amide bonds. The third kappa shape index (κ3) is 5.21. The van der Waals surface area contributed by atoms with Crippen LogP contribution in [0.4, 0.5) is 0 Å². The number of guanidine groups is 1. The van der Waals surface area contributed by atoms with Crippen LogP contribution in [0.5, 0.6) is 0 Å². The fraction of sp³-hybridized carbons (Fsp3) is 0.778. The molecular weight excluding hydrogens is 196 g/mol. The molecule has 0 unspecified atom stereocenters. The molecule has 0 fully saturated rings. The molecule has 6 heteroatoms. The molecule has 0 spiro atoms. The van der Waals surface area contributed by atoms with Crippen molar-refractivity contribution in [2.45, 2.75) is 6.42 Å². The van der Waals surface area contributed by atoms with Gasteiger partial charge in [-0.3, -0.25) is 9.79 Å². The first kappa shape index (κ1) is 11.8. The lowest BCUT2D eigenvalue weighted by Crippen LogP contribution is -2.37. The molecule has 86 valence electrons. The van der Waals surface area contributed by atoms with Gasteiger partial charge in [0.25, 0.3) is 0 Å². The minimum absolute atomic E-state index is 0.0261. The van der Waals surface area contributed by atoms with Gasteiger partial charge in [0.2, 0.25) is 5.91 Å². The quantitative estimate of drug-likeness (QED) is 0.480. The Hall–Kier alpha value is -1.30. The van der Waals surface area contributed by atoms with Crippen molar-refractivity contribution in [2.75, 3.05) is 39.9 Å². The van der Waals surface area contributed by atoms with Crippen molar-refractivity contribution in [1.29, 1.82) is 0 Å². The number of nitrogens with one attached hydrogen (secondary N) is 3. The molecule has 1 heterocycles. The second kappa shape index (κ2) is 7.05. The van der Waals surface area contributed by atoms with Crippen molar-refractivity contribution in [3.05, 3.63) is 0 Å². The van der Waals surface area contributed by atoms with Gasteiger partial charge in [-0.25, -0.2) is 0 Å². The zero-order valence-electron chi connectivity index (χ0n) is 9.01. The number of carbonyl (C=O) groups excluding carboxylic acids is 1. The maximum absolute atomic E-state index is 11.2. The van der Waals surface area contributed by atoms with E-state index in [9.17, 15) is 4.79 Å². The fourth-order valence-corrected chi connectivity index (χ4v) is 1.19. The summed E-state index contributed by atoms with van der Waals surface area (Å²) < 4.78 is 4.82. The van der Waals surface area contributed by atoms with Crippen LogP contribution in [-0.4, -0.2) is 51.8 Å². The van der Waals surface area contributed by atoms with Crippen molar-refractivity contribution in [1.82, 2.24) is 16.0 Å². The van der Waals surface area contributed by atoms with Crippen LogP contribution < -0.4 is 16.0 Å². The molecule has 0 bridgehead atoms. The van der Waals surface area contributed by atoms with Crippen molar-refractivity contribution < 1.29 is 9.53 Å². The van der Waals surface area contributed by atoms with Gasteiger partial charge in [0.1, 0.15) is 0 Å². The van der Waals surface area contributed by atoms with Crippen molar-refractivity contribution in [2.24, 2.45) is 4.99 Å². The summed E-state index contributed by atoms with van der Waals surface area (Å²) in [4.78, 5) is 15.4. The van der Waals surface area contributed by atoms with E-state index in [1.807, 2.05) is 0 Å². The smallest absolute Gasteiger partial charge is 0.221 e. The summed E-state index contributed by atoms with van der Waals surface area (Å²) in [7, 11) is 1.61. The Morgan fingerprint density at radius 3 is 3.13 bits per heavy atom. The molecule has 0 saturated heterocycles. The number of hydrogen-bond acceptors (Lipinski definition) is 5. The number of nitrogens with zero attached hydrogens (tertiary/aromatic N) is 1. The van der Waals surface area contributed by atoms with Gasteiger partial charge in [-0.2, -0.15) is 0 Å². The van der Waals surface area contributed by atoms with E-state index in [1.54, 1.807) is 7.11 Å². The molecule has 1 aliphatic rings. The standard InChI is InChI=1S/C9H18N4O2/c1-15-7-6-10-8(14)2-3-11-9-12-4-5-13-9/h2-7H2,1H3,(H,10,14)(H2,11,12,13). The number of hydrogen-bond donors (Lipinski definition) is 3. The molecule has 0 atom stereocenters. The Balaban J connectivity index is 1.96. The molecule has 0 aromatic rings. The van der Waals surface area contributed by atoms with Crippen molar-refractivity contribution in [3.63, 3.8) is 0 Å². The van der Waals surface area contributed by atoms with Gasteiger partial charge < -0.3 is 20.7 Å². The first-order valence-corrected chi connectivity index (χ1v) is 5.11. The second-order valence-corrected chi connectivity index (χ2v) is 3.18. The molecule has 15 heavy (non-hydrogen) atoms. The van der Waals surface area contributed by atoms with Gasteiger partial charge in [-0.15, -0.1) is 0 Å². The minimum atomic E-state index is 0.0261. The summed E-state index contributed by atoms with van der Waals surface area (Å²) in [5.74, 6) is 0.817. The van der Waals surface area contributed by atoms with Crippen LogP contribution >= 0.6 is 0 Å². The molecular formula is C9H18N4O2. The maximum Gasteiger partial charge on any atom is 0.221 e. The molecule has 0 aromatic carbocycles.